The fourth-order valence-electron chi connectivity index (χ4n) is 1.28. The average molecular weight is 277 g/mol. The highest BCUT2D eigenvalue weighted by molar-refractivity contribution is 5.83. The highest BCUT2D eigenvalue weighted by atomic mass is 19.4. The van der Waals surface area contributed by atoms with Gasteiger partial charge in [0.2, 0.25) is 11.7 Å². The molecule has 1 rings (SSSR count). The van der Waals surface area contributed by atoms with Crippen LogP contribution in [0, 0.1) is 0 Å². The topological polar surface area (TPSA) is 78.9 Å². The minimum atomic E-state index is -4.65. The summed E-state index contributed by atoms with van der Waals surface area (Å²) in [6, 6.07) is 0.569. The number of carbonyl (C=O) groups excluding carboxylic acids is 1. The molecule has 1 amide bonds. The van der Waals surface area contributed by atoms with Crippen molar-refractivity contribution in [2.24, 2.45) is 0 Å². The Morgan fingerprint density at radius 1 is 1.26 bits per heavy atom. The lowest BCUT2D eigenvalue weighted by atomic mass is 10.3. The predicted octanol–water partition coefficient (Wildman–Crippen LogP) is 1.08. The van der Waals surface area contributed by atoms with Gasteiger partial charge in [-0.25, -0.2) is 9.97 Å². The van der Waals surface area contributed by atoms with E-state index in [2.05, 4.69) is 25.9 Å². The predicted molar refractivity (Wildman–Crippen MR) is 63.7 cm³/mol. The Morgan fingerprint density at radius 2 is 1.84 bits per heavy atom. The number of anilines is 2. The third kappa shape index (κ3) is 3.97. The Bertz CT molecular complexity index is 463. The van der Waals surface area contributed by atoms with Crippen LogP contribution in [0.1, 0.15) is 12.7 Å². The Morgan fingerprint density at radius 3 is 2.32 bits per heavy atom. The van der Waals surface area contributed by atoms with Gasteiger partial charge in [-0.2, -0.15) is 13.2 Å². The van der Waals surface area contributed by atoms with E-state index in [1.165, 1.54) is 27.1 Å². The highest BCUT2D eigenvalue weighted by Crippen LogP contribution is 2.28. The van der Waals surface area contributed by atoms with E-state index in [4.69, 9.17) is 0 Å². The minimum Gasteiger partial charge on any atom is -0.373 e. The number of hydrogen-bond acceptors (Lipinski definition) is 5. The van der Waals surface area contributed by atoms with Crippen LogP contribution in [0.15, 0.2) is 6.07 Å². The monoisotopic (exact) mass is 277 g/mol. The summed E-state index contributed by atoms with van der Waals surface area (Å²) < 4.78 is 37.8. The molecule has 1 unspecified atom stereocenters. The second-order valence-corrected chi connectivity index (χ2v) is 3.69. The van der Waals surface area contributed by atoms with Gasteiger partial charge in [0.15, 0.2) is 0 Å². The number of hydrogen-bond donors (Lipinski definition) is 3. The number of alkyl halides is 3. The smallest absolute Gasteiger partial charge is 0.373 e. The van der Waals surface area contributed by atoms with Crippen LogP contribution < -0.4 is 16.0 Å². The summed E-state index contributed by atoms with van der Waals surface area (Å²) in [4.78, 5) is 17.9. The third-order valence-electron chi connectivity index (χ3n) is 2.24. The summed E-state index contributed by atoms with van der Waals surface area (Å²) in [6.45, 7) is 1.51. The van der Waals surface area contributed by atoms with Gasteiger partial charge in [-0.1, -0.05) is 0 Å². The molecule has 0 aliphatic heterocycles. The number of nitrogens with zero attached hydrogens (tertiary/aromatic N) is 2. The highest BCUT2D eigenvalue weighted by Gasteiger charge is 2.35. The van der Waals surface area contributed by atoms with Crippen molar-refractivity contribution in [2.45, 2.75) is 19.1 Å². The van der Waals surface area contributed by atoms with Crippen molar-refractivity contribution in [1.82, 2.24) is 15.3 Å². The molecule has 0 aromatic carbocycles. The van der Waals surface area contributed by atoms with Gasteiger partial charge in [0.05, 0.1) is 0 Å². The SMILES string of the molecule is CNC(=O)C(C)Nc1cc(NC)nc(C(F)(F)F)n1. The number of nitrogens with one attached hydrogen (secondary N) is 3. The van der Waals surface area contributed by atoms with Crippen LogP contribution in [0.4, 0.5) is 24.8 Å². The molecule has 1 aromatic heterocycles. The van der Waals surface area contributed by atoms with Crippen molar-refractivity contribution in [1.29, 1.82) is 0 Å². The van der Waals surface area contributed by atoms with E-state index in [0.29, 0.717) is 0 Å². The van der Waals surface area contributed by atoms with E-state index < -0.39 is 18.0 Å². The number of halogens is 3. The van der Waals surface area contributed by atoms with Gasteiger partial charge in [0.1, 0.15) is 17.7 Å². The van der Waals surface area contributed by atoms with Crippen LogP contribution in [-0.4, -0.2) is 36.0 Å². The van der Waals surface area contributed by atoms with Crippen LogP contribution >= 0.6 is 0 Å². The van der Waals surface area contributed by atoms with Gasteiger partial charge in [-0.05, 0) is 6.92 Å². The normalized spacial score (nSPS) is 12.7. The fourth-order valence-corrected chi connectivity index (χ4v) is 1.28. The zero-order valence-electron chi connectivity index (χ0n) is 10.6. The van der Waals surface area contributed by atoms with Gasteiger partial charge in [-0.15, -0.1) is 0 Å². The van der Waals surface area contributed by atoms with Crippen molar-refractivity contribution < 1.29 is 18.0 Å². The molecule has 3 N–H and O–H groups in total. The molecule has 0 bridgehead atoms. The second kappa shape index (κ2) is 5.72. The van der Waals surface area contributed by atoms with E-state index in [1.54, 1.807) is 0 Å². The molecule has 0 spiro atoms. The summed E-state index contributed by atoms with van der Waals surface area (Å²) in [6.07, 6.45) is -4.65. The van der Waals surface area contributed by atoms with Crippen LogP contribution in [0.5, 0.6) is 0 Å². The Kier molecular flexibility index (Phi) is 4.52. The summed E-state index contributed by atoms with van der Waals surface area (Å²) >= 11 is 0. The van der Waals surface area contributed by atoms with Crippen LogP contribution in [-0.2, 0) is 11.0 Å². The van der Waals surface area contributed by atoms with E-state index >= 15 is 0 Å². The maximum absolute atomic E-state index is 12.6. The Hall–Kier alpha value is -2.06. The zero-order valence-corrected chi connectivity index (χ0v) is 10.6. The lowest BCUT2D eigenvalue weighted by Crippen LogP contribution is -2.35. The molecular weight excluding hydrogens is 263 g/mol. The van der Waals surface area contributed by atoms with E-state index in [-0.39, 0.29) is 17.5 Å². The molecule has 1 atom stereocenters. The lowest BCUT2D eigenvalue weighted by molar-refractivity contribution is -0.144. The number of likely N-dealkylation sites (N-methyl/N-ethyl adjacent to an activating group) is 1. The number of aromatic nitrogens is 2. The van der Waals surface area contributed by atoms with Gasteiger partial charge in [-0.3, -0.25) is 4.79 Å². The quantitative estimate of drug-likeness (QED) is 0.767. The van der Waals surface area contributed by atoms with Crippen molar-refractivity contribution in [3.05, 3.63) is 11.9 Å². The first-order valence-corrected chi connectivity index (χ1v) is 5.40. The molecule has 1 heterocycles. The molecule has 0 saturated heterocycles. The minimum absolute atomic E-state index is 0.00827. The van der Waals surface area contributed by atoms with Gasteiger partial charge in [0, 0.05) is 20.2 Å². The number of carbonyl (C=O) groups is 1. The maximum atomic E-state index is 12.6. The first kappa shape index (κ1) is 15.0. The molecule has 6 nitrogen and oxygen atoms in total. The second-order valence-electron chi connectivity index (χ2n) is 3.69. The molecule has 19 heavy (non-hydrogen) atoms. The summed E-state index contributed by atoms with van der Waals surface area (Å²) in [7, 11) is 2.87. The number of rotatable bonds is 4. The zero-order chi connectivity index (χ0) is 14.6. The molecule has 106 valence electrons. The largest absolute Gasteiger partial charge is 0.451 e. The van der Waals surface area contributed by atoms with Crippen LogP contribution in [0.3, 0.4) is 0 Å². The molecule has 9 heteroatoms. The van der Waals surface area contributed by atoms with Crippen molar-refractivity contribution in [3.63, 3.8) is 0 Å². The molecule has 0 fully saturated rings. The van der Waals surface area contributed by atoms with Crippen LogP contribution in [0.25, 0.3) is 0 Å². The van der Waals surface area contributed by atoms with Gasteiger partial charge >= 0.3 is 6.18 Å². The van der Waals surface area contributed by atoms with Gasteiger partial charge < -0.3 is 16.0 Å². The summed E-state index contributed by atoms with van der Waals surface area (Å²) in [5.41, 5.74) is 0. The van der Waals surface area contributed by atoms with Crippen molar-refractivity contribution >= 4 is 17.5 Å². The molecular formula is C10H14F3N5O. The summed E-state index contributed by atoms with van der Waals surface area (Å²) in [5.74, 6) is -1.71. The Labute approximate surface area is 107 Å². The Balaban J connectivity index is 3.04. The fraction of sp³-hybridized carbons (Fsp3) is 0.500. The van der Waals surface area contributed by atoms with E-state index in [0.717, 1.165) is 0 Å². The average Bonchev–Trinajstić information content (AvgIpc) is 2.36. The summed E-state index contributed by atoms with van der Waals surface area (Å²) in [5, 5.41) is 7.46. The van der Waals surface area contributed by atoms with Crippen molar-refractivity contribution in [2.75, 3.05) is 24.7 Å². The molecule has 0 saturated carbocycles. The first-order chi connectivity index (χ1) is 8.77. The molecule has 0 radical (unpaired) electrons. The van der Waals surface area contributed by atoms with Gasteiger partial charge in [0.25, 0.3) is 0 Å². The first-order valence-electron chi connectivity index (χ1n) is 5.40. The molecule has 1 aromatic rings. The standard InChI is InChI=1S/C10H14F3N5O/c1-5(8(19)15-3)16-7-4-6(14-2)17-9(18-7)10(11,12)13/h4-5H,1-3H3,(H,15,19)(H2,14,16,17,18). The molecule has 0 aliphatic carbocycles. The molecule has 0 aliphatic rings. The number of amides is 1. The third-order valence-corrected chi connectivity index (χ3v) is 2.24. The van der Waals surface area contributed by atoms with Crippen LogP contribution in [0.2, 0.25) is 0 Å². The maximum Gasteiger partial charge on any atom is 0.451 e. The van der Waals surface area contributed by atoms with E-state index in [1.807, 2.05) is 0 Å². The van der Waals surface area contributed by atoms with E-state index in [9.17, 15) is 18.0 Å². The lowest BCUT2D eigenvalue weighted by Gasteiger charge is -2.15. The van der Waals surface area contributed by atoms with Crippen molar-refractivity contribution in [3.8, 4) is 0 Å².